The maximum Gasteiger partial charge on any atom is 0.329 e. The van der Waals surface area contributed by atoms with Crippen molar-refractivity contribution in [2.24, 2.45) is 0 Å². The van der Waals surface area contributed by atoms with Crippen molar-refractivity contribution in [2.75, 3.05) is 5.32 Å². The number of nitrogens with one attached hydrogen (secondary N) is 1. The Morgan fingerprint density at radius 2 is 1.91 bits per heavy atom. The number of rotatable bonds is 5. The van der Waals surface area contributed by atoms with Gasteiger partial charge in [0.2, 0.25) is 0 Å². The number of aromatic nitrogens is 1. The summed E-state index contributed by atoms with van der Waals surface area (Å²) in [6.45, 7) is 1.57. The molecular formula is C17H16N2O4. The fraction of sp³-hybridized carbons (Fsp3) is 0.176. The number of benzene rings is 2. The molecule has 0 unspecified atom stereocenters. The normalized spacial score (nSPS) is 13.6. The van der Waals surface area contributed by atoms with Crippen LogP contribution in [0.5, 0.6) is 5.75 Å². The number of phenolic OH excluding ortho intramolecular Hbond substituents is 1. The van der Waals surface area contributed by atoms with Gasteiger partial charge in [-0.15, -0.1) is 0 Å². The molecular weight excluding hydrogens is 296 g/mol. The quantitative estimate of drug-likeness (QED) is 0.670. The van der Waals surface area contributed by atoms with E-state index in [9.17, 15) is 15.0 Å². The van der Waals surface area contributed by atoms with Crippen molar-refractivity contribution in [1.82, 2.24) is 4.98 Å². The van der Waals surface area contributed by atoms with E-state index >= 15 is 0 Å². The maximum atomic E-state index is 11.7. The second-order valence-corrected chi connectivity index (χ2v) is 5.59. The molecule has 0 radical (unpaired) electrons. The number of anilines is 1. The zero-order valence-corrected chi connectivity index (χ0v) is 12.5. The molecule has 2 aromatic carbocycles. The van der Waals surface area contributed by atoms with Crippen LogP contribution in [0, 0.1) is 0 Å². The molecule has 3 rings (SSSR count). The molecule has 1 atom stereocenters. The molecule has 1 aromatic heterocycles. The van der Waals surface area contributed by atoms with Gasteiger partial charge in [0.15, 0.2) is 5.58 Å². The average Bonchev–Trinajstić information content (AvgIpc) is 2.91. The van der Waals surface area contributed by atoms with Crippen molar-refractivity contribution in [2.45, 2.75) is 18.9 Å². The van der Waals surface area contributed by atoms with Crippen molar-refractivity contribution < 1.29 is 19.4 Å². The molecule has 23 heavy (non-hydrogen) atoms. The average molecular weight is 312 g/mol. The Hall–Kier alpha value is -3.02. The Bertz CT molecular complexity index is 808. The monoisotopic (exact) mass is 312 g/mol. The summed E-state index contributed by atoms with van der Waals surface area (Å²) >= 11 is 0. The van der Waals surface area contributed by atoms with Gasteiger partial charge >= 0.3 is 5.97 Å². The molecule has 6 heteroatoms. The number of nitrogens with zero attached hydrogens (tertiary/aromatic N) is 1. The molecule has 0 fully saturated rings. The number of oxazole rings is 1. The molecule has 1 heterocycles. The number of phenols is 1. The summed E-state index contributed by atoms with van der Waals surface area (Å²) in [5, 5.41) is 21.8. The third kappa shape index (κ3) is 3.11. The minimum absolute atomic E-state index is 0.137. The standard InChI is InChI=1S/C17H16N2O4/c1-17(15(21)22,10-11-6-8-12(20)9-7-11)19-16-18-13-4-2-3-5-14(13)23-16/h2-9,20H,10H2,1H3,(H,18,19)(H,21,22)/t17-/m0/s1. The highest BCUT2D eigenvalue weighted by Crippen LogP contribution is 2.24. The van der Waals surface area contributed by atoms with E-state index < -0.39 is 11.5 Å². The van der Waals surface area contributed by atoms with Crippen LogP contribution in [0.3, 0.4) is 0 Å². The number of para-hydroxylation sites is 2. The van der Waals surface area contributed by atoms with E-state index in [1.165, 1.54) is 12.1 Å². The van der Waals surface area contributed by atoms with Crippen LogP contribution in [0.1, 0.15) is 12.5 Å². The van der Waals surface area contributed by atoms with Gasteiger partial charge in [-0.2, -0.15) is 4.98 Å². The molecule has 3 aromatic rings. The topological polar surface area (TPSA) is 95.6 Å². The first-order valence-corrected chi connectivity index (χ1v) is 7.11. The molecule has 0 saturated carbocycles. The zero-order chi connectivity index (χ0) is 16.4. The predicted octanol–water partition coefficient (Wildman–Crippen LogP) is 3.03. The summed E-state index contributed by atoms with van der Waals surface area (Å²) in [6.07, 6.45) is 0.210. The molecule has 6 nitrogen and oxygen atoms in total. The second kappa shape index (κ2) is 5.64. The Labute approximate surface area is 132 Å². The lowest BCUT2D eigenvalue weighted by atomic mass is 9.93. The van der Waals surface area contributed by atoms with Crippen LogP contribution in [0.4, 0.5) is 6.01 Å². The van der Waals surface area contributed by atoms with E-state index in [1.807, 2.05) is 12.1 Å². The third-order valence-electron chi connectivity index (χ3n) is 3.64. The SMILES string of the molecule is C[C@@](Cc1ccc(O)cc1)(Nc1nc2ccccc2o1)C(=O)O. The van der Waals surface area contributed by atoms with Crippen molar-refractivity contribution in [3.05, 3.63) is 54.1 Å². The molecule has 0 spiro atoms. The van der Waals surface area contributed by atoms with Crippen molar-refractivity contribution in [1.29, 1.82) is 0 Å². The van der Waals surface area contributed by atoms with Gasteiger partial charge < -0.3 is 19.9 Å². The lowest BCUT2D eigenvalue weighted by Crippen LogP contribution is -2.45. The summed E-state index contributed by atoms with van der Waals surface area (Å²) < 4.78 is 5.55. The Kier molecular flexibility index (Phi) is 3.65. The lowest BCUT2D eigenvalue weighted by molar-refractivity contribution is -0.141. The van der Waals surface area contributed by atoms with Crippen molar-refractivity contribution in [3.63, 3.8) is 0 Å². The summed E-state index contributed by atoms with van der Waals surface area (Å²) in [5.41, 5.74) is 0.730. The van der Waals surface area contributed by atoms with Gasteiger partial charge in [0.1, 0.15) is 16.8 Å². The van der Waals surface area contributed by atoms with Crippen LogP contribution in [0.2, 0.25) is 0 Å². The van der Waals surface area contributed by atoms with Crippen LogP contribution < -0.4 is 5.32 Å². The van der Waals surface area contributed by atoms with E-state index in [4.69, 9.17) is 4.42 Å². The van der Waals surface area contributed by atoms with E-state index in [-0.39, 0.29) is 18.2 Å². The number of carbonyl (C=O) groups is 1. The first-order chi connectivity index (χ1) is 11.0. The van der Waals surface area contributed by atoms with Gasteiger partial charge in [-0.25, -0.2) is 4.79 Å². The van der Waals surface area contributed by atoms with Crippen molar-refractivity contribution >= 4 is 23.1 Å². The molecule has 0 aliphatic heterocycles. The number of carboxylic acids is 1. The first kappa shape index (κ1) is 14.9. The summed E-state index contributed by atoms with van der Waals surface area (Å²) in [6, 6.07) is 13.8. The van der Waals surface area contributed by atoms with Crippen LogP contribution in [-0.2, 0) is 11.2 Å². The largest absolute Gasteiger partial charge is 0.508 e. The lowest BCUT2D eigenvalue weighted by Gasteiger charge is -2.25. The Balaban J connectivity index is 1.87. The minimum Gasteiger partial charge on any atom is -0.508 e. The molecule has 0 aliphatic rings. The summed E-state index contributed by atoms with van der Waals surface area (Å²) in [4.78, 5) is 16.0. The minimum atomic E-state index is -1.29. The van der Waals surface area contributed by atoms with Crippen molar-refractivity contribution in [3.8, 4) is 5.75 Å². The van der Waals surface area contributed by atoms with Crippen LogP contribution in [-0.4, -0.2) is 26.7 Å². The molecule has 0 bridgehead atoms. The highest BCUT2D eigenvalue weighted by molar-refractivity contribution is 5.83. The summed E-state index contributed by atoms with van der Waals surface area (Å²) in [5.74, 6) is -0.884. The number of carboxylic acid groups (broad SMARTS) is 1. The smallest absolute Gasteiger partial charge is 0.329 e. The van der Waals surface area contributed by atoms with E-state index in [0.29, 0.717) is 11.1 Å². The second-order valence-electron chi connectivity index (χ2n) is 5.59. The van der Waals surface area contributed by atoms with E-state index in [0.717, 1.165) is 5.56 Å². The number of aromatic hydroxyl groups is 1. The van der Waals surface area contributed by atoms with Gasteiger partial charge in [0.05, 0.1) is 0 Å². The van der Waals surface area contributed by atoms with Crippen LogP contribution >= 0.6 is 0 Å². The summed E-state index contributed by atoms with van der Waals surface area (Å²) in [7, 11) is 0. The maximum absolute atomic E-state index is 11.7. The Morgan fingerprint density at radius 1 is 1.22 bits per heavy atom. The molecule has 0 amide bonds. The molecule has 118 valence electrons. The number of aliphatic carboxylic acids is 1. The first-order valence-electron chi connectivity index (χ1n) is 7.11. The van der Waals surface area contributed by atoms with Crippen LogP contribution in [0.15, 0.2) is 52.9 Å². The van der Waals surface area contributed by atoms with E-state index in [1.54, 1.807) is 31.2 Å². The highest BCUT2D eigenvalue weighted by atomic mass is 16.4. The predicted molar refractivity (Wildman–Crippen MR) is 85.5 cm³/mol. The molecule has 0 saturated heterocycles. The van der Waals surface area contributed by atoms with Gasteiger partial charge in [-0.1, -0.05) is 24.3 Å². The van der Waals surface area contributed by atoms with E-state index in [2.05, 4.69) is 10.3 Å². The Morgan fingerprint density at radius 3 is 2.57 bits per heavy atom. The number of hydrogen-bond donors (Lipinski definition) is 3. The third-order valence-corrected chi connectivity index (χ3v) is 3.64. The van der Waals surface area contributed by atoms with Gasteiger partial charge in [-0.05, 0) is 36.8 Å². The molecule has 3 N–H and O–H groups in total. The molecule has 0 aliphatic carbocycles. The number of hydrogen-bond acceptors (Lipinski definition) is 5. The fourth-order valence-corrected chi connectivity index (χ4v) is 2.36. The number of fused-ring (bicyclic) bond motifs is 1. The van der Waals surface area contributed by atoms with Gasteiger partial charge in [0, 0.05) is 6.42 Å². The fourth-order valence-electron chi connectivity index (χ4n) is 2.36. The van der Waals surface area contributed by atoms with Gasteiger partial charge in [0.25, 0.3) is 6.01 Å². The van der Waals surface area contributed by atoms with Gasteiger partial charge in [-0.3, -0.25) is 0 Å². The zero-order valence-electron chi connectivity index (χ0n) is 12.5. The van der Waals surface area contributed by atoms with Crippen LogP contribution in [0.25, 0.3) is 11.1 Å². The highest BCUT2D eigenvalue weighted by Gasteiger charge is 2.35.